The van der Waals surface area contributed by atoms with E-state index in [0.717, 1.165) is 0 Å². The van der Waals surface area contributed by atoms with Crippen LogP contribution in [0.3, 0.4) is 0 Å². The lowest BCUT2D eigenvalue weighted by atomic mass is 9.90. The van der Waals surface area contributed by atoms with Crippen LogP contribution in [-0.2, 0) is 0 Å². The fourth-order valence-corrected chi connectivity index (χ4v) is 1.12. The zero-order valence-electron chi connectivity index (χ0n) is 7.05. The molecule has 0 unspecified atom stereocenters. The van der Waals surface area contributed by atoms with Crippen molar-refractivity contribution in [3.63, 3.8) is 0 Å². The van der Waals surface area contributed by atoms with Crippen molar-refractivity contribution in [1.29, 1.82) is 0 Å². The normalized spacial score (nSPS) is 14.9. The van der Waals surface area contributed by atoms with Gasteiger partial charge in [0.05, 0.1) is 0 Å². The summed E-state index contributed by atoms with van der Waals surface area (Å²) in [7, 11) is 0. The third-order valence-corrected chi connectivity index (χ3v) is 1.49. The Hall–Kier alpha value is -0.550. The Morgan fingerprint density at radius 3 is 1.80 bits per heavy atom. The van der Waals surface area contributed by atoms with Gasteiger partial charge in [0.15, 0.2) is 0 Å². The molecule has 0 aliphatic heterocycles. The lowest BCUT2D eigenvalue weighted by Crippen LogP contribution is -2.37. The molecule has 1 N–H and O–H groups in total. The van der Waals surface area contributed by atoms with Crippen molar-refractivity contribution in [1.82, 2.24) is 0 Å². The second kappa shape index (κ2) is 3.03. The van der Waals surface area contributed by atoms with Gasteiger partial charge in [-0.25, -0.2) is 6.57 Å². The molecular formula is C8H15NO. The van der Waals surface area contributed by atoms with Gasteiger partial charge in [-0.05, 0) is 13.8 Å². The first-order chi connectivity index (χ1) is 4.39. The summed E-state index contributed by atoms with van der Waals surface area (Å²) >= 11 is 0. The van der Waals surface area contributed by atoms with Crippen LogP contribution in [0.4, 0.5) is 0 Å². The molecular weight excluding hydrogens is 126 g/mol. The maximum atomic E-state index is 9.43. The lowest BCUT2D eigenvalue weighted by Gasteiger charge is -2.21. The summed E-state index contributed by atoms with van der Waals surface area (Å²) < 4.78 is 0. The van der Waals surface area contributed by atoms with Crippen LogP contribution in [0.25, 0.3) is 4.85 Å². The van der Waals surface area contributed by atoms with Gasteiger partial charge >= 0.3 is 0 Å². The topological polar surface area (TPSA) is 24.6 Å². The van der Waals surface area contributed by atoms with Crippen molar-refractivity contribution in [3.05, 3.63) is 11.4 Å². The van der Waals surface area contributed by atoms with Gasteiger partial charge in [0.1, 0.15) is 5.60 Å². The molecule has 0 spiro atoms. The third-order valence-electron chi connectivity index (χ3n) is 1.49. The van der Waals surface area contributed by atoms with E-state index in [2.05, 4.69) is 4.85 Å². The van der Waals surface area contributed by atoms with E-state index in [1.807, 2.05) is 13.8 Å². The first kappa shape index (κ1) is 9.45. The molecule has 0 saturated heterocycles. The van der Waals surface area contributed by atoms with Crippen LogP contribution in [0.5, 0.6) is 0 Å². The van der Waals surface area contributed by atoms with Crippen molar-refractivity contribution in [2.24, 2.45) is 5.92 Å². The summed E-state index contributed by atoms with van der Waals surface area (Å²) in [5.74, 6) is 0.220. The largest absolute Gasteiger partial charge is 0.382 e. The Kier molecular flexibility index (Phi) is 2.86. The SMILES string of the molecule is [C-]#[N+][C@@H](C(C)C)C(C)(C)O. The lowest BCUT2D eigenvalue weighted by molar-refractivity contribution is 0.0501. The van der Waals surface area contributed by atoms with E-state index in [1.54, 1.807) is 13.8 Å². The van der Waals surface area contributed by atoms with Gasteiger partial charge < -0.3 is 9.95 Å². The molecule has 0 aliphatic carbocycles. The minimum absolute atomic E-state index is 0.220. The highest BCUT2D eigenvalue weighted by Crippen LogP contribution is 2.19. The summed E-state index contributed by atoms with van der Waals surface area (Å²) in [4.78, 5) is 3.36. The number of hydrogen-bond acceptors (Lipinski definition) is 1. The van der Waals surface area contributed by atoms with Gasteiger partial charge in [0.25, 0.3) is 6.04 Å². The van der Waals surface area contributed by atoms with E-state index in [9.17, 15) is 5.11 Å². The van der Waals surface area contributed by atoms with Crippen molar-refractivity contribution < 1.29 is 5.11 Å². The van der Waals surface area contributed by atoms with Gasteiger partial charge in [-0.15, -0.1) is 0 Å². The van der Waals surface area contributed by atoms with Gasteiger partial charge in [0, 0.05) is 5.92 Å². The zero-order chi connectivity index (χ0) is 8.36. The maximum Gasteiger partial charge on any atom is 0.253 e. The van der Waals surface area contributed by atoms with Crippen molar-refractivity contribution in [2.45, 2.75) is 39.3 Å². The highest BCUT2D eigenvalue weighted by atomic mass is 16.3. The summed E-state index contributed by atoms with van der Waals surface area (Å²) in [5, 5.41) is 9.43. The van der Waals surface area contributed by atoms with Gasteiger partial charge in [-0.2, -0.15) is 0 Å². The van der Waals surface area contributed by atoms with Crippen LogP contribution in [0.15, 0.2) is 0 Å². The zero-order valence-corrected chi connectivity index (χ0v) is 7.05. The summed E-state index contributed by atoms with van der Waals surface area (Å²) in [6.45, 7) is 14.1. The first-order valence-corrected chi connectivity index (χ1v) is 3.48. The van der Waals surface area contributed by atoms with E-state index in [4.69, 9.17) is 6.57 Å². The monoisotopic (exact) mass is 141 g/mol. The molecule has 0 aromatic rings. The molecule has 2 heteroatoms. The Morgan fingerprint density at radius 2 is 1.80 bits per heavy atom. The van der Waals surface area contributed by atoms with Crippen LogP contribution >= 0.6 is 0 Å². The smallest absolute Gasteiger partial charge is 0.253 e. The number of nitrogens with zero attached hydrogens (tertiary/aromatic N) is 1. The fraction of sp³-hybridized carbons (Fsp3) is 0.875. The molecule has 10 heavy (non-hydrogen) atoms. The quantitative estimate of drug-likeness (QED) is 0.582. The molecule has 0 rings (SSSR count). The average Bonchev–Trinajstić information content (AvgIpc) is 1.60. The number of aliphatic hydroxyl groups is 1. The Labute approximate surface area is 62.7 Å². The van der Waals surface area contributed by atoms with Gasteiger partial charge in [-0.3, -0.25) is 0 Å². The molecule has 2 nitrogen and oxygen atoms in total. The Morgan fingerprint density at radius 1 is 1.40 bits per heavy atom. The third kappa shape index (κ3) is 2.36. The standard InChI is InChI=1S/C8H15NO/c1-6(2)7(9-5)8(3,4)10/h6-7,10H,1-4H3/t7-/m0/s1. The maximum absolute atomic E-state index is 9.43. The van der Waals surface area contributed by atoms with Gasteiger partial charge in [-0.1, -0.05) is 13.8 Å². The van der Waals surface area contributed by atoms with Crippen molar-refractivity contribution in [2.75, 3.05) is 0 Å². The number of rotatable bonds is 2. The molecule has 0 bridgehead atoms. The predicted octanol–water partition coefficient (Wildman–Crippen LogP) is 1.70. The average molecular weight is 141 g/mol. The highest BCUT2D eigenvalue weighted by molar-refractivity contribution is 4.94. The van der Waals surface area contributed by atoms with E-state index in [1.165, 1.54) is 0 Å². The molecule has 58 valence electrons. The van der Waals surface area contributed by atoms with Crippen molar-refractivity contribution in [3.8, 4) is 0 Å². The molecule has 1 atom stereocenters. The Bertz CT molecular complexity index is 138. The van der Waals surface area contributed by atoms with E-state index >= 15 is 0 Å². The summed E-state index contributed by atoms with van der Waals surface area (Å²) in [6, 6.07) is -0.285. The second-order valence-corrected chi connectivity index (χ2v) is 3.47. The van der Waals surface area contributed by atoms with Crippen LogP contribution in [0.2, 0.25) is 0 Å². The predicted molar refractivity (Wildman–Crippen MR) is 41.5 cm³/mol. The molecule has 0 fully saturated rings. The first-order valence-electron chi connectivity index (χ1n) is 3.48. The molecule has 0 radical (unpaired) electrons. The summed E-state index contributed by atoms with van der Waals surface area (Å²) in [6.07, 6.45) is 0. The molecule has 0 aliphatic rings. The van der Waals surface area contributed by atoms with Gasteiger partial charge in [0.2, 0.25) is 0 Å². The molecule has 0 saturated carbocycles. The van der Waals surface area contributed by atoms with E-state index in [-0.39, 0.29) is 12.0 Å². The minimum Gasteiger partial charge on any atom is -0.382 e. The summed E-state index contributed by atoms with van der Waals surface area (Å²) in [5.41, 5.74) is -0.865. The number of hydrogen-bond donors (Lipinski definition) is 1. The van der Waals surface area contributed by atoms with Crippen molar-refractivity contribution >= 4 is 0 Å². The highest BCUT2D eigenvalue weighted by Gasteiger charge is 2.34. The van der Waals surface area contributed by atoms with E-state index < -0.39 is 5.60 Å². The van der Waals surface area contributed by atoms with Crippen LogP contribution < -0.4 is 0 Å². The fourth-order valence-electron chi connectivity index (χ4n) is 1.12. The molecule has 0 heterocycles. The molecule has 0 aromatic heterocycles. The minimum atomic E-state index is -0.865. The van der Waals surface area contributed by atoms with Crippen LogP contribution in [0, 0.1) is 12.5 Å². The second-order valence-electron chi connectivity index (χ2n) is 3.47. The molecule has 0 amide bonds. The van der Waals surface area contributed by atoms with Crippen LogP contribution in [-0.4, -0.2) is 16.7 Å². The van der Waals surface area contributed by atoms with Crippen LogP contribution in [0.1, 0.15) is 27.7 Å². The molecule has 0 aromatic carbocycles. The Balaban J connectivity index is 4.26. The van der Waals surface area contributed by atoms with E-state index in [0.29, 0.717) is 0 Å².